The third-order valence-corrected chi connectivity index (χ3v) is 1.97. The van der Waals surface area contributed by atoms with Crippen LogP contribution in [0.15, 0.2) is 36.0 Å². The van der Waals surface area contributed by atoms with Crippen molar-refractivity contribution in [2.24, 2.45) is 5.92 Å². The molecule has 15 heavy (non-hydrogen) atoms. The summed E-state index contributed by atoms with van der Waals surface area (Å²) in [6.45, 7) is 2.04. The minimum atomic E-state index is -0.0287. The fourth-order valence-corrected chi connectivity index (χ4v) is 1.02. The molecule has 0 saturated carbocycles. The molecule has 1 aliphatic rings. The lowest BCUT2D eigenvalue weighted by Crippen LogP contribution is -2.18. The van der Waals surface area contributed by atoms with Crippen molar-refractivity contribution in [3.8, 4) is 11.8 Å². The summed E-state index contributed by atoms with van der Waals surface area (Å²) in [5.74, 6) is 6.33. The topological polar surface area (TPSA) is 20.3 Å². The number of allylic oxidation sites excluding steroid dienone is 5. The number of amides is 1. The van der Waals surface area contributed by atoms with Crippen molar-refractivity contribution >= 4 is 5.91 Å². The van der Waals surface area contributed by atoms with Crippen LogP contribution in [0.4, 0.5) is 0 Å². The second-order valence-corrected chi connectivity index (χ2v) is 3.63. The summed E-state index contributed by atoms with van der Waals surface area (Å²) in [5.41, 5.74) is 0.866. The SMILES string of the molecule is CC1C#CC(/C=C/C(=O)N(C)C)=CC=C1. The highest BCUT2D eigenvalue weighted by Gasteiger charge is 1.98. The molecule has 0 aromatic carbocycles. The van der Waals surface area contributed by atoms with Crippen LogP contribution in [-0.2, 0) is 4.79 Å². The quantitative estimate of drug-likeness (QED) is 0.492. The molecule has 0 aromatic rings. The van der Waals surface area contributed by atoms with Gasteiger partial charge >= 0.3 is 0 Å². The number of hydrogen-bond acceptors (Lipinski definition) is 1. The van der Waals surface area contributed by atoms with Gasteiger partial charge in [0.05, 0.1) is 0 Å². The van der Waals surface area contributed by atoms with Crippen LogP contribution in [0.25, 0.3) is 0 Å². The fraction of sp³-hybridized carbons (Fsp3) is 0.308. The van der Waals surface area contributed by atoms with Gasteiger partial charge in [-0.25, -0.2) is 0 Å². The monoisotopic (exact) mass is 201 g/mol. The zero-order valence-corrected chi connectivity index (χ0v) is 9.32. The summed E-state index contributed by atoms with van der Waals surface area (Å²) in [4.78, 5) is 12.8. The van der Waals surface area contributed by atoms with Gasteiger partial charge in [0.15, 0.2) is 0 Å². The number of hydrogen-bond donors (Lipinski definition) is 0. The average Bonchev–Trinajstić information content (AvgIpc) is 2.39. The van der Waals surface area contributed by atoms with Gasteiger partial charge in [-0.2, -0.15) is 0 Å². The molecule has 1 aliphatic carbocycles. The predicted octanol–water partition coefficient (Wildman–Crippen LogP) is 1.77. The Morgan fingerprint density at radius 3 is 2.93 bits per heavy atom. The Morgan fingerprint density at radius 2 is 2.27 bits per heavy atom. The Hall–Kier alpha value is -1.75. The summed E-state index contributed by atoms with van der Waals surface area (Å²) in [5, 5.41) is 0. The molecule has 0 heterocycles. The summed E-state index contributed by atoms with van der Waals surface area (Å²) in [6.07, 6.45) is 9.18. The Kier molecular flexibility index (Phi) is 3.93. The highest BCUT2D eigenvalue weighted by molar-refractivity contribution is 5.87. The van der Waals surface area contributed by atoms with Crippen LogP contribution in [0.5, 0.6) is 0 Å². The highest BCUT2D eigenvalue weighted by Crippen LogP contribution is 2.04. The first-order valence-electron chi connectivity index (χ1n) is 4.89. The van der Waals surface area contributed by atoms with E-state index in [9.17, 15) is 4.79 Å². The van der Waals surface area contributed by atoms with E-state index in [-0.39, 0.29) is 11.8 Å². The molecule has 0 bridgehead atoms. The fourth-order valence-electron chi connectivity index (χ4n) is 1.02. The van der Waals surface area contributed by atoms with Crippen molar-refractivity contribution in [2.75, 3.05) is 14.1 Å². The second kappa shape index (κ2) is 5.21. The van der Waals surface area contributed by atoms with Gasteiger partial charge in [0.1, 0.15) is 0 Å². The van der Waals surface area contributed by atoms with Gasteiger partial charge < -0.3 is 4.90 Å². The zero-order valence-electron chi connectivity index (χ0n) is 9.32. The van der Waals surface area contributed by atoms with Gasteiger partial charge in [-0.1, -0.05) is 24.0 Å². The molecule has 1 rings (SSSR count). The van der Waals surface area contributed by atoms with Gasteiger partial charge in [-0.3, -0.25) is 4.79 Å². The van der Waals surface area contributed by atoms with E-state index < -0.39 is 0 Å². The Balaban J connectivity index is 2.71. The predicted molar refractivity (Wildman–Crippen MR) is 62.0 cm³/mol. The smallest absolute Gasteiger partial charge is 0.246 e. The number of carbonyl (C=O) groups is 1. The van der Waals surface area contributed by atoms with Crippen LogP contribution in [-0.4, -0.2) is 24.9 Å². The van der Waals surface area contributed by atoms with Crippen LogP contribution >= 0.6 is 0 Å². The molecule has 0 aliphatic heterocycles. The van der Waals surface area contributed by atoms with Crippen LogP contribution < -0.4 is 0 Å². The van der Waals surface area contributed by atoms with Crippen molar-refractivity contribution < 1.29 is 4.79 Å². The normalized spacial score (nSPS) is 19.1. The Morgan fingerprint density at radius 1 is 1.53 bits per heavy atom. The molecule has 0 radical (unpaired) electrons. The van der Waals surface area contributed by atoms with Gasteiger partial charge in [-0.05, 0) is 19.1 Å². The van der Waals surface area contributed by atoms with E-state index >= 15 is 0 Å². The lowest BCUT2D eigenvalue weighted by Gasteiger charge is -2.04. The van der Waals surface area contributed by atoms with Crippen LogP contribution in [0.3, 0.4) is 0 Å². The largest absolute Gasteiger partial charge is 0.345 e. The lowest BCUT2D eigenvalue weighted by molar-refractivity contribution is -0.123. The third-order valence-electron chi connectivity index (χ3n) is 1.97. The van der Waals surface area contributed by atoms with Crippen molar-refractivity contribution in [1.82, 2.24) is 4.90 Å². The van der Waals surface area contributed by atoms with E-state index in [1.54, 1.807) is 20.2 Å². The standard InChI is InChI=1S/C13H15NO/c1-11-5-4-6-12(8-7-11)9-10-13(15)14(2)3/h4-6,9-11H,1-3H3/b10-9+. The maximum Gasteiger partial charge on any atom is 0.246 e. The van der Waals surface area contributed by atoms with E-state index in [2.05, 4.69) is 11.8 Å². The molecule has 2 heteroatoms. The number of rotatable bonds is 2. The molecular weight excluding hydrogens is 186 g/mol. The minimum absolute atomic E-state index is 0.0287. The molecule has 1 unspecified atom stereocenters. The number of carbonyl (C=O) groups excluding carboxylic acids is 1. The molecule has 0 fully saturated rings. The average molecular weight is 201 g/mol. The van der Waals surface area contributed by atoms with E-state index in [0.717, 1.165) is 5.57 Å². The van der Waals surface area contributed by atoms with E-state index in [1.165, 1.54) is 11.0 Å². The van der Waals surface area contributed by atoms with E-state index in [4.69, 9.17) is 0 Å². The van der Waals surface area contributed by atoms with E-state index in [0.29, 0.717) is 0 Å². The molecule has 0 N–H and O–H groups in total. The van der Waals surface area contributed by atoms with Crippen molar-refractivity contribution in [1.29, 1.82) is 0 Å². The van der Waals surface area contributed by atoms with Gasteiger partial charge in [0.25, 0.3) is 0 Å². The summed E-state index contributed by atoms with van der Waals surface area (Å²) >= 11 is 0. The Bertz CT molecular complexity index is 388. The molecular formula is C13H15NO. The highest BCUT2D eigenvalue weighted by atomic mass is 16.2. The first kappa shape index (κ1) is 11.3. The first-order valence-corrected chi connectivity index (χ1v) is 4.89. The molecule has 0 aromatic heterocycles. The molecule has 78 valence electrons. The molecule has 2 nitrogen and oxygen atoms in total. The van der Waals surface area contributed by atoms with Crippen molar-refractivity contribution in [3.05, 3.63) is 36.0 Å². The zero-order chi connectivity index (χ0) is 11.3. The van der Waals surface area contributed by atoms with Crippen LogP contribution in [0.2, 0.25) is 0 Å². The Labute approximate surface area is 91.0 Å². The maximum absolute atomic E-state index is 11.3. The van der Waals surface area contributed by atoms with Crippen molar-refractivity contribution in [3.63, 3.8) is 0 Å². The summed E-state index contributed by atoms with van der Waals surface area (Å²) in [7, 11) is 3.45. The lowest BCUT2D eigenvalue weighted by atomic mass is 10.2. The molecule has 0 spiro atoms. The molecule has 1 amide bonds. The maximum atomic E-state index is 11.3. The molecule has 0 saturated heterocycles. The number of likely N-dealkylation sites (N-methyl/N-ethyl adjacent to an activating group) is 1. The third kappa shape index (κ3) is 3.86. The van der Waals surface area contributed by atoms with Gasteiger partial charge in [0, 0.05) is 31.7 Å². The molecule has 1 atom stereocenters. The van der Waals surface area contributed by atoms with Gasteiger partial charge in [0.2, 0.25) is 5.91 Å². The summed E-state index contributed by atoms with van der Waals surface area (Å²) in [6, 6.07) is 0. The second-order valence-electron chi connectivity index (χ2n) is 3.63. The van der Waals surface area contributed by atoms with Crippen molar-refractivity contribution in [2.45, 2.75) is 6.92 Å². The van der Waals surface area contributed by atoms with Crippen LogP contribution in [0.1, 0.15) is 6.92 Å². The van der Waals surface area contributed by atoms with Gasteiger partial charge in [-0.15, -0.1) is 0 Å². The van der Waals surface area contributed by atoms with Crippen LogP contribution in [0, 0.1) is 17.8 Å². The number of nitrogens with zero attached hydrogens (tertiary/aromatic N) is 1. The summed E-state index contributed by atoms with van der Waals surface area (Å²) < 4.78 is 0. The minimum Gasteiger partial charge on any atom is -0.345 e. The van der Waals surface area contributed by atoms with E-state index in [1.807, 2.05) is 25.2 Å². The first-order chi connectivity index (χ1) is 7.09.